The molecular weight excluding hydrogens is 1200 g/mol. The predicted octanol–water partition coefficient (Wildman–Crippen LogP) is 18.8. The number of hydrogen-bond acceptors (Lipinski definition) is 6. The summed E-state index contributed by atoms with van der Waals surface area (Å²) in [6.07, 6.45) is 19.2. The topological polar surface area (TPSA) is 87.2 Å². The average Bonchev–Trinajstić information content (AvgIpc) is 4.04. The van der Waals surface area contributed by atoms with Crippen molar-refractivity contribution in [2.45, 2.75) is 134 Å². The summed E-state index contributed by atoms with van der Waals surface area (Å²) < 4.78 is 4.24. The first-order valence-electron chi connectivity index (χ1n) is 24.9. The second-order valence-corrected chi connectivity index (χ2v) is 14.5. The Morgan fingerprint density at radius 2 is 0.829 bits per heavy atom. The minimum Gasteiger partial charge on any atom is -0.269 e. The van der Waals surface area contributed by atoms with Gasteiger partial charge in [0, 0.05) is 91.1 Å². The van der Waals surface area contributed by atoms with Gasteiger partial charge in [0.2, 0.25) is 0 Å². The summed E-state index contributed by atoms with van der Waals surface area (Å²) in [5.74, 6) is 0. The van der Waals surface area contributed by atoms with Gasteiger partial charge in [0.05, 0.1) is 34.9 Å². The molecule has 0 bridgehead atoms. The molecule has 8 nitrogen and oxygen atoms in total. The predicted molar refractivity (Wildman–Crippen MR) is 329 cm³/mol. The normalized spacial score (nSPS) is 11.5. The van der Waals surface area contributed by atoms with Crippen molar-refractivity contribution in [2.75, 3.05) is 0 Å². The number of nitrogens with zero attached hydrogens (tertiary/aromatic N) is 8. The van der Waals surface area contributed by atoms with Gasteiger partial charge in [-0.05, 0) is 118 Å². The second kappa shape index (κ2) is 39.3. The third kappa shape index (κ3) is 20.1. The van der Waals surface area contributed by atoms with E-state index in [4.69, 9.17) is 5.10 Å². The minimum absolute atomic E-state index is 0.511. The van der Waals surface area contributed by atoms with Gasteiger partial charge in [0.25, 0.3) is 0 Å². The first kappa shape index (κ1) is 63.7. The maximum atomic E-state index is 4.92. The van der Waals surface area contributed by atoms with Crippen LogP contribution in [0, 0.1) is 13.8 Å². The number of aromatic nitrogens is 8. The Morgan fingerprint density at radius 3 is 1.26 bits per heavy atom. The second-order valence-electron chi connectivity index (χ2n) is 14.5. The summed E-state index contributed by atoms with van der Waals surface area (Å²) in [7, 11) is 0. The quantitative estimate of drug-likeness (QED) is 0.117. The molecule has 2 radical (unpaired) electrons. The van der Waals surface area contributed by atoms with E-state index in [-0.39, 0.29) is 0 Å². The summed E-state index contributed by atoms with van der Waals surface area (Å²) in [6.45, 7) is 24.2. The molecule has 2 aliphatic carbocycles. The highest BCUT2D eigenvalue weighted by Gasteiger charge is 2.24. The molecule has 8 aromatic rings. The van der Waals surface area contributed by atoms with Crippen LogP contribution in [0.3, 0.4) is 0 Å². The average molecular weight is 1280 g/mol. The lowest BCUT2D eigenvalue weighted by molar-refractivity contribution is 0.289. The molecular formula is C58H76BI3N8. The van der Waals surface area contributed by atoms with Crippen LogP contribution in [-0.4, -0.2) is 45.2 Å². The minimum atomic E-state index is 0.511. The number of hydrogen-bond donors (Lipinski definition) is 0. The van der Waals surface area contributed by atoms with Crippen LogP contribution in [-0.2, 0) is 0 Å². The standard InChI is InChI=1S/C23H20N4.C13H15N3.C12H11N.5C2H6.BI.I2/c1-2-7-17(8-3-1)22-15-18(12-14-25-22)20-16-27(19-9-6-10-19)26-23(20)21-11-4-5-13-24-21;1-10-9-16(11-5-4-6-11)15-13(10)12-7-2-3-8-14-12;1-10-7-8-13-12(9-10)11-5-3-2-4-6-11;7*1-2/h1-5,7-8,11-16,19H,6,9-10H2;2-3,7-9,11H,4-6H2,1H3;2-9H,1H3;5*1-2H3;;. The zero-order chi connectivity index (χ0) is 52.1. The van der Waals surface area contributed by atoms with Crippen molar-refractivity contribution in [2.24, 2.45) is 0 Å². The van der Waals surface area contributed by atoms with Crippen LogP contribution in [0.1, 0.15) is 131 Å². The number of rotatable bonds is 7. The van der Waals surface area contributed by atoms with E-state index in [9.17, 15) is 0 Å². The third-order valence-electron chi connectivity index (χ3n) is 10.5. The van der Waals surface area contributed by atoms with E-state index < -0.39 is 0 Å². The summed E-state index contributed by atoms with van der Waals surface area (Å²) >= 11 is 5.89. The van der Waals surface area contributed by atoms with Gasteiger partial charge in [-0.15, -0.1) is 0 Å². The van der Waals surface area contributed by atoms with Crippen LogP contribution in [0.5, 0.6) is 0 Å². The van der Waals surface area contributed by atoms with Crippen molar-refractivity contribution in [1.29, 1.82) is 0 Å². The van der Waals surface area contributed by atoms with Gasteiger partial charge in [-0.3, -0.25) is 29.3 Å². The van der Waals surface area contributed by atoms with E-state index in [1.165, 1.54) is 55.2 Å². The smallest absolute Gasteiger partial charge is 0.169 e. The van der Waals surface area contributed by atoms with E-state index in [1.807, 2.05) is 173 Å². The number of pyridine rings is 4. The van der Waals surface area contributed by atoms with Crippen molar-refractivity contribution in [3.8, 4) is 56.4 Å². The molecule has 2 aromatic carbocycles. The Kier molecular flexibility index (Phi) is 35.8. The molecule has 0 N–H and O–H groups in total. The number of benzene rings is 2. The lowest BCUT2D eigenvalue weighted by Gasteiger charge is -2.25. The first-order chi connectivity index (χ1) is 34.6. The fraction of sp³-hybridized carbons (Fsp3) is 0.345. The van der Waals surface area contributed by atoms with Gasteiger partial charge in [-0.2, -0.15) is 32.6 Å². The lowest BCUT2D eigenvalue weighted by Crippen LogP contribution is -2.17. The molecule has 0 spiro atoms. The van der Waals surface area contributed by atoms with Crippen LogP contribution >= 0.6 is 59.6 Å². The molecule has 6 heterocycles. The van der Waals surface area contributed by atoms with Crippen molar-refractivity contribution >= 4 is 65.3 Å². The molecule has 2 saturated carbocycles. The molecule has 372 valence electrons. The highest BCUT2D eigenvalue weighted by Crippen LogP contribution is 2.37. The lowest BCUT2D eigenvalue weighted by atomic mass is 9.93. The van der Waals surface area contributed by atoms with Crippen LogP contribution < -0.4 is 0 Å². The van der Waals surface area contributed by atoms with Gasteiger partial charge in [0.15, 0.2) is 5.70 Å². The van der Waals surface area contributed by atoms with Gasteiger partial charge in [-0.1, -0.05) is 142 Å². The van der Waals surface area contributed by atoms with E-state index >= 15 is 0 Å². The van der Waals surface area contributed by atoms with E-state index in [0.717, 1.165) is 50.9 Å². The molecule has 0 atom stereocenters. The van der Waals surface area contributed by atoms with Crippen molar-refractivity contribution in [1.82, 2.24) is 39.5 Å². The molecule has 70 heavy (non-hydrogen) atoms. The molecule has 0 unspecified atom stereocenters. The summed E-state index contributed by atoms with van der Waals surface area (Å²) in [4.78, 5) is 17.8. The Bertz CT molecular complexity index is 2480. The van der Waals surface area contributed by atoms with Gasteiger partial charge >= 0.3 is 0 Å². The molecule has 0 aliphatic heterocycles. The first-order valence-corrected chi connectivity index (χ1v) is 32.5. The Labute approximate surface area is 460 Å². The van der Waals surface area contributed by atoms with Gasteiger partial charge < -0.3 is 0 Å². The molecule has 0 amide bonds. The van der Waals surface area contributed by atoms with Crippen molar-refractivity contribution in [3.63, 3.8) is 0 Å². The van der Waals surface area contributed by atoms with E-state index in [2.05, 4.69) is 146 Å². The van der Waals surface area contributed by atoms with Crippen LogP contribution in [0.2, 0.25) is 0 Å². The van der Waals surface area contributed by atoms with E-state index in [0.29, 0.717) is 12.1 Å². The van der Waals surface area contributed by atoms with Crippen molar-refractivity contribution < 1.29 is 0 Å². The van der Waals surface area contributed by atoms with Gasteiger partial charge in [0.1, 0.15) is 11.4 Å². The van der Waals surface area contributed by atoms with Gasteiger partial charge in [-0.25, -0.2) is 0 Å². The zero-order valence-corrected chi connectivity index (χ0v) is 50.2. The van der Waals surface area contributed by atoms with E-state index in [1.54, 1.807) is 22.4 Å². The maximum Gasteiger partial charge on any atom is 0.169 e. The summed E-state index contributed by atoms with van der Waals surface area (Å²) in [6, 6.07) is 41.8. The molecule has 0 saturated heterocycles. The molecule has 12 heteroatoms. The SMILES string of the molecule is CC.CC.CC.CC.CC.Cc1ccnc(-c2ccccc2)c1.Cc1cn(C2CCC2)nc1-c1ccccn1.II.[B]I.c1ccc(-c2cc(-c3cn(C4CCC4)nc3-c3ccccn3)ccn2)cc1. The monoisotopic (exact) mass is 1280 g/mol. The largest absolute Gasteiger partial charge is 0.269 e. The molecule has 6 aromatic heterocycles. The molecule has 2 fully saturated rings. The van der Waals surface area contributed by atoms with Crippen LogP contribution in [0.25, 0.3) is 56.4 Å². The Balaban J connectivity index is 0.000000491. The maximum absolute atomic E-state index is 4.92. The van der Waals surface area contributed by atoms with Crippen LogP contribution in [0.4, 0.5) is 0 Å². The summed E-state index contributed by atoms with van der Waals surface area (Å²) in [5.41, 5.74) is 17.3. The summed E-state index contributed by atoms with van der Waals surface area (Å²) in [5, 5.41) is 9.57. The fourth-order valence-electron chi connectivity index (χ4n) is 6.88. The number of aryl methyl sites for hydroxylation is 2. The van der Waals surface area contributed by atoms with Crippen LogP contribution in [0.15, 0.2) is 159 Å². The fourth-order valence-corrected chi connectivity index (χ4v) is 6.88. The van der Waals surface area contributed by atoms with Crippen molar-refractivity contribution in [3.05, 3.63) is 170 Å². The zero-order valence-electron chi connectivity index (χ0n) is 43.7. The molecule has 2 aliphatic rings. The molecule has 10 rings (SSSR count). The highest BCUT2D eigenvalue weighted by molar-refractivity contribution is 15.0. The third-order valence-corrected chi connectivity index (χ3v) is 10.5. The number of halogens is 3. The Morgan fingerprint density at radius 1 is 0.429 bits per heavy atom. The Hall–Kier alpha value is -4.29. The highest BCUT2D eigenvalue weighted by atomic mass is 128.